The van der Waals surface area contributed by atoms with Gasteiger partial charge in [0.1, 0.15) is 6.04 Å². The molecule has 0 aromatic carbocycles. The molecule has 1 aliphatic carbocycles. The number of amides is 1. The van der Waals surface area contributed by atoms with Crippen LogP contribution in [0.4, 0.5) is 0 Å². The van der Waals surface area contributed by atoms with E-state index in [1.165, 1.54) is 24.5 Å². The van der Waals surface area contributed by atoms with Crippen molar-refractivity contribution in [2.45, 2.75) is 38.6 Å². The summed E-state index contributed by atoms with van der Waals surface area (Å²) in [6, 6.07) is 2.60. The number of hydrogen-bond donors (Lipinski definition) is 1. The molecule has 0 saturated heterocycles. The Morgan fingerprint density at radius 1 is 1.41 bits per heavy atom. The summed E-state index contributed by atoms with van der Waals surface area (Å²) in [5, 5.41) is 17.9. The van der Waals surface area contributed by atoms with E-state index in [0.717, 1.165) is 18.7 Å². The maximum atomic E-state index is 12.3. The van der Waals surface area contributed by atoms with Crippen molar-refractivity contribution in [3.63, 3.8) is 0 Å². The maximum Gasteiger partial charge on any atom is 0.252 e. The van der Waals surface area contributed by atoms with Crippen LogP contribution in [0.25, 0.3) is 0 Å². The molecule has 1 aliphatic rings. The van der Waals surface area contributed by atoms with Gasteiger partial charge in [-0.15, -0.1) is 0 Å². The second kappa shape index (κ2) is 5.75. The van der Waals surface area contributed by atoms with E-state index < -0.39 is 0 Å². The lowest BCUT2D eigenvalue weighted by atomic mass is 10.0. The number of aromatic nitrogens is 3. The molecule has 0 aliphatic heterocycles. The summed E-state index contributed by atoms with van der Waals surface area (Å²) in [5.74, 6) is 1.39. The second-order valence-electron chi connectivity index (χ2n) is 5.91. The molecule has 7 nitrogen and oxygen atoms in total. The van der Waals surface area contributed by atoms with Gasteiger partial charge in [0.25, 0.3) is 5.91 Å². The van der Waals surface area contributed by atoms with Crippen molar-refractivity contribution in [2.24, 2.45) is 5.92 Å². The summed E-state index contributed by atoms with van der Waals surface area (Å²) < 4.78 is 5.95. The minimum atomic E-state index is -0.355. The molecule has 1 fully saturated rings. The standard InChI is InChI=1S/C15H18N4O3/c1-9(2)12(15-17-13(18-22-15)10-3-4-10)16-14(20)11-5-7-19(21)8-6-11/h5-10,12H,3-4H2,1-2H3,(H,16,20). The lowest BCUT2D eigenvalue weighted by molar-refractivity contribution is -0.605. The van der Waals surface area contributed by atoms with Gasteiger partial charge < -0.3 is 15.0 Å². The zero-order chi connectivity index (χ0) is 15.7. The molecule has 2 aromatic rings. The van der Waals surface area contributed by atoms with E-state index >= 15 is 0 Å². The van der Waals surface area contributed by atoms with E-state index in [4.69, 9.17) is 4.52 Å². The third kappa shape index (κ3) is 3.08. The van der Waals surface area contributed by atoms with Crippen LogP contribution < -0.4 is 10.0 Å². The van der Waals surface area contributed by atoms with E-state index in [2.05, 4.69) is 15.5 Å². The molecule has 1 saturated carbocycles. The minimum Gasteiger partial charge on any atom is -0.619 e. The highest BCUT2D eigenvalue weighted by molar-refractivity contribution is 5.94. The Balaban J connectivity index is 1.75. The summed E-state index contributed by atoms with van der Waals surface area (Å²) in [5.41, 5.74) is 0.416. The molecule has 1 atom stereocenters. The quantitative estimate of drug-likeness (QED) is 0.670. The number of rotatable bonds is 5. The second-order valence-corrected chi connectivity index (χ2v) is 5.91. The van der Waals surface area contributed by atoms with Gasteiger partial charge in [-0.3, -0.25) is 4.79 Å². The summed E-state index contributed by atoms with van der Waals surface area (Å²) in [7, 11) is 0. The topological polar surface area (TPSA) is 95.0 Å². The van der Waals surface area contributed by atoms with Crippen molar-refractivity contribution in [2.75, 3.05) is 0 Å². The average Bonchev–Trinajstić information content (AvgIpc) is 3.23. The number of pyridine rings is 1. The van der Waals surface area contributed by atoms with Crippen LogP contribution in [-0.4, -0.2) is 16.0 Å². The van der Waals surface area contributed by atoms with Gasteiger partial charge >= 0.3 is 0 Å². The number of nitrogens with one attached hydrogen (secondary N) is 1. The molecule has 0 bridgehead atoms. The average molecular weight is 302 g/mol. The van der Waals surface area contributed by atoms with Crippen molar-refractivity contribution in [3.8, 4) is 0 Å². The zero-order valence-corrected chi connectivity index (χ0v) is 12.5. The van der Waals surface area contributed by atoms with Gasteiger partial charge in [-0.05, 0) is 18.8 Å². The number of hydrogen-bond acceptors (Lipinski definition) is 5. The van der Waals surface area contributed by atoms with E-state index in [9.17, 15) is 10.0 Å². The van der Waals surface area contributed by atoms with Gasteiger partial charge in [0.05, 0.1) is 5.56 Å². The Hall–Kier alpha value is -2.44. The summed E-state index contributed by atoms with van der Waals surface area (Å²) in [6.45, 7) is 3.95. The molecule has 1 amide bonds. The summed E-state index contributed by atoms with van der Waals surface area (Å²) in [4.78, 5) is 16.7. The van der Waals surface area contributed by atoms with Crippen LogP contribution >= 0.6 is 0 Å². The van der Waals surface area contributed by atoms with Crippen LogP contribution in [0.1, 0.15) is 60.7 Å². The van der Waals surface area contributed by atoms with Gasteiger partial charge in [0.15, 0.2) is 18.2 Å². The molecular formula is C15H18N4O3. The number of carbonyl (C=O) groups excluding carboxylic acids is 1. The van der Waals surface area contributed by atoms with E-state index in [0.29, 0.717) is 22.1 Å². The van der Waals surface area contributed by atoms with E-state index in [1.54, 1.807) is 0 Å². The smallest absolute Gasteiger partial charge is 0.252 e. The van der Waals surface area contributed by atoms with Crippen LogP contribution in [0.15, 0.2) is 29.0 Å². The van der Waals surface area contributed by atoms with Crippen LogP contribution in [-0.2, 0) is 0 Å². The largest absolute Gasteiger partial charge is 0.619 e. The maximum absolute atomic E-state index is 12.3. The van der Waals surface area contributed by atoms with Crippen LogP contribution in [0, 0.1) is 11.1 Å². The Kier molecular flexibility index (Phi) is 3.79. The van der Waals surface area contributed by atoms with Crippen molar-refractivity contribution in [3.05, 3.63) is 47.0 Å². The summed E-state index contributed by atoms with van der Waals surface area (Å²) >= 11 is 0. The van der Waals surface area contributed by atoms with Gasteiger partial charge in [-0.1, -0.05) is 19.0 Å². The van der Waals surface area contributed by atoms with Crippen LogP contribution in [0.5, 0.6) is 0 Å². The van der Waals surface area contributed by atoms with Crippen molar-refractivity contribution in [1.82, 2.24) is 15.5 Å². The molecule has 0 spiro atoms. The first-order valence-electron chi connectivity index (χ1n) is 7.38. The molecule has 22 heavy (non-hydrogen) atoms. The molecule has 2 heterocycles. The molecular weight excluding hydrogens is 284 g/mol. The van der Waals surface area contributed by atoms with Crippen molar-refractivity contribution in [1.29, 1.82) is 0 Å². The SMILES string of the molecule is CC(C)C(NC(=O)c1cc[n+]([O-])cc1)c1nc(C2CC2)no1. The van der Waals surface area contributed by atoms with Gasteiger partial charge in [0.2, 0.25) is 5.89 Å². The molecule has 116 valence electrons. The first kappa shape index (κ1) is 14.5. The van der Waals surface area contributed by atoms with E-state index in [1.807, 2.05) is 13.8 Å². The monoisotopic (exact) mass is 302 g/mol. The van der Waals surface area contributed by atoms with Crippen molar-refractivity contribution >= 4 is 5.91 Å². The Labute approximate surface area is 127 Å². The molecule has 2 aromatic heterocycles. The molecule has 7 heteroatoms. The lowest BCUT2D eigenvalue weighted by Crippen LogP contribution is -2.33. The third-order valence-electron chi connectivity index (χ3n) is 3.68. The first-order valence-corrected chi connectivity index (χ1v) is 7.38. The number of nitrogens with zero attached hydrogens (tertiary/aromatic N) is 3. The van der Waals surface area contributed by atoms with Gasteiger partial charge in [-0.25, -0.2) is 0 Å². The molecule has 3 rings (SSSR count). The Bertz CT molecular complexity index is 662. The van der Waals surface area contributed by atoms with Gasteiger partial charge in [-0.2, -0.15) is 9.71 Å². The fourth-order valence-corrected chi connectivity index (χ4v) is 2.18. The van der Waals surface area contributed by atoms with Crippen LogP contribution in [0.2, 0.25) is 0 Å². The fraction of sp³-hybridized carbons (Fsp3) is 0.467. The normalized spacial score (nSPS) is 15.8. The van der Waals surface area contributed by atoms with Gasteiger partial charge in [0, 0.05) is 18.1 Å². The fourth-order valence-electron chi connectivity index (χ4n) is 2.18. The summed E-state index contributed by atoms with van der Waals surface area (Å²) in [6.07, 6.45) is 4.77. The highest BCUT2D eigenvalue weighted by Crippen LogP contribution is 2.38. The van der Waals surface area contributed by atoms with Crippen molar-refractivity contribution < 1.29 is 14.0 Å². The van der Waals surface area contributed by atoms with E-state index in [-0.39, 0.29) is 17.9 Å². The van der Waals surface area contributed by atoms with Crippen LogP contribution in [0.3, 0.4) is 0 Å². The highest BCUT2D eigenvalue weighted by atomic mass is 16.5. The third-order valence-corrected chi connectivity index (χ3v) is 3.68. The highest BCUT2D eigenvalue weighted by Gasteiger charge is 2.31. The lowest BCUT2D eigenvalue weighted by Gasteiger charge is -2.18. The number of carbonyl (C=O) groups is 1. The zero-order valence-electron chi connectivity index (χ0n) is 12.5. The minimum absolute atomic E-state index is 0.101. The molecule has 0 radical (unpaired) electrons. The Morgan fingerprint density at radius 3 is 2.68 bits per heavy atom. The predicted molar refractivity (Wildman–Crippen MR) is 76.7 cm³/mol. The molecule has 1 N–H and O–H groups in total. The Morgan fingerprint density at radius 2 is 2.09 bits per heavy atom. The predicted octanol–water partition coefficient (Wildman–Crippen LogP) is 1.71. The molecule has 1 unspecified atom stereocenters. The first-order chi connectivity index (χ1) is 10.5.